The summed E-state index contributed by atoms with van der Waals surface area (Å²) in [5, 5.41) is 2.87. The van der Waals surface area contributed by atoms with Gasteiger partial charge in [0.15, 0.2) is 0 Å². The molecular formula is C21H24N2O3. The molecule has 1 aliphatic heterocycles. The second kappa shape index (κ2) is 8.04. The standard InChI is InChI=1S/C21H24N2O3/c1-15-6-9-17(10-7-15)20-21(25)22-12-13-23(20)19(24)11-8-16-4-3-5-18(14-16)26-2/h3-7,9-10,14,20H,8,11-13H2,1-2H3,(H,22,25). The van der Waals surface area contributed by atoms with Gasteiger partial charge in [-0.15, -0.1) is 0 Å². The zero-order valence-electron chi connectivity index (χ0n) is 15.2. The maximum atomic E-state index is 12.8. The first-order chi connectivity index (χ1) is 12.6. The van der Waals surface area contributed by atoms with Crippen molar-refractivity contribution in [2.24, 2.45) is 0 Å². The zero-order valence-corrected chi connectivity index (χ0v) is 15.2. The number of nitrogens with one attached hydrogen (secondary N) is 1. The normalized spacial score (nSPS) is 16.9. The van der Waals surface area contributed by atoms with Gasteiger partial charge in [0.1, 0.15) is 11.8 Å². The smallest absolute Gasteiger partial charge is 0.247 e. The van der Waals surface area contributed by atoms with Crippen molar-refractivity contribution in [3.8, 4) is 5.75 Å². The largest absolute Gasteiger partial charge is 0.497 e. The van der Waals surface area contributed by atoms with E-state index in [0.29, 0.717) is 25.9 Å². The third kappa shape index (κ3) is 4.04. The van der Waals surface area contributed by atoms with Crippen molar-refractivity contribution < 1.29 is 14.3 Å². The summed E-state index contributed by atoms with van der Waals surface area (Å²) >= 11 is 0. The van der Waals surface area contributed by atoms with Gasteiger partial charge < -0.3 is 15.0 Å². The Bertz CT molecular complexity index is 786. The molecule has 1 heterocycles. The first-order valence-corrected chi connectivity index (χ1v) is 8.85. The molecule has 0 saturated carbocycles. The number of benzene rings is 2. The highest BCUT2D eigenvalue weighted by atomic mass is 16.5. The number of ether oxygens (including phenoxy) is 1. The Morgan fingerprint density at radius 3 is 2.73 bits per heavy atom. The van der Waals surface area contributed by atoms with Crippen molar-refractivity contribution in [1.82, 2.24) is 10.2 Å². The Hall–Kier alpha value is -2.82. The molecule has 3 rings (SSSR count). The molecular weight excluding hydrogens is 328 g/mol. The number of nitrogens with zero attached hydrogens (tertiary/aromatic N) is 1. The fourth-order valence-electron chi connectivity index (χ4n) is 3.24. The summed E-state index contributed by atoms with van der Waals surface area (Å²) in [5.74, 6) is 0.660. The summed E-state index contributed by atoms with van der Waals surface area (Å²) in [6.45, 7) is 3.02. The van der Waals surface area contributed by atoms with E-state index in [2.05, 4.69) is 5.32 Å². The Morgan fingerprint density at radius 1 is 1.23 bits per heavy atom. The number of rotatable bonds is 5. The second-order valence-corrected chi connectivity index (χ2v) is 6.54. The maximum Gasteiger partial charge on any atom is 0.247 e. The molecule has 1 atom stereocenters. The van der Waals surface area contributed by atoms with Gasteiger partial charge in [0.05, 0.1) is 7.11 Å². The third-order valence-electron chi connectivity index (χ3n) is 4.69. The number of amides is 2. The number of hydrogen-bond acceptors (Lipinski definition) is 3. The molecule has 136 valence electrons. The maximum absolute atomic E-state index is 12.8. The highest BCUT2D eigenvalue weighted by molar-refractivity contribution is 5.89. The van der Waals surface area contributed by atoms with Crippen molar-refractivity contribution in [3.05, 3.63) is 65.2 Å². The van der Waals surface area contributed by atoms with Crippen LogP contribution in [0.5, 0.6) is 5.75 Å². The summed E-state index contributed by atoms with van der Waals surface area (Å²) < 4.78 is 5.23. The molecule has 1 unspecified atom stereocenters. The van der Waals surface area contributed by atoms with Gasteiger partial charge >= 0.3 is 0 Å². The molecule has 0 spiro atoms. The highest BCUT2D eigenvalue weighted by Gasteiger charge is 2.33. The zero-order chi connectivity index (χ0) is 18.5. The predicted molar refractivity (Wildman–Crippen MR) is 100.0 cm³/mol. The lowest BCUT2D eigenvalue weighted by Crippen LogP contribution is -2.52. The number of methoxy groups -OCH3 is 1. The van der Waals surface area contributed by atoms with Crippen LogP contribution in [0.1, 0.15) is 29.2 Å². The molecule has 0 aliphatic carbocycles. The van der Waals surface area contributed by atoms with Crippen molar-refractivity contribution >= 4 is 11.8 Å². The van der Waals surface area contributed by atoms with E-state index in [9.17, 15) is 9.59 Å². The van der Waals surface area contributed by atoms with Gasteiger partial charge in [-0.2, -0.15) is 0 Å². The monoisotopic (exact) mass is 352 g/mol. The average molecular weight is 352 g/mol. The van der Waals surface area contributed by atoms with Gasteiger partial charge in [-0.1, -0.05) is 42.0 Å². The van der Waals surface area contributed by atoms with Crippen molar-refractivity contribution in [2.75, 3.05) is 20.2 Å². The van der Waals surface area contributed by atoms with Crippen LogP contribution in [0.15, 0.2) is 48.5 Å². The van der Waals surface area contributed by atoms with Crippen LogP contribution in [0.25, 0.3) is 0 Å². The summed E-state index contributed by atoms with van der Waals surface area (Å²) in [5.41, 5.74) is 3.02. The van der Waals surface area contributed by atoms with Gasteiger partial charge in [0.2, 0.25) is 11.8 Å². The lowest BCUT2D eigenvalue weighted by molar-refractivity contribution is -0.143. The predicted octanol–water partition coefficient (Wildman–Crippen LogP) is 2.64. The SMILES string of the molecule is COc1cccc(CCC(=O)N2CCNC(=O)C2c2ccc(C)cc2)c1. The Morgan fingerprint density at radius 2 is 2.00 bits per heavy atom. The van der Waals surface area contributed by atoms with Crippen molar-refractivity contribution in [3.63, 3.8) is 0 Å². The lowest BCUT2D eigenvalue weighted by atomic mass is 10.00. The van der Waals surface area contributed by atoms with E-state index < -0.39 is 6.04 Å². The first-order valence-electron chi connectivity index (χ1n) is 8.85. The molecule has 1 N–H and O–H groups in total. The van der Waals surface area contributed by atoms with E-state index in [0.717, 1.165) is 22.4 Å². The van der Waals surface area contributed by atoms with E-state index in [1.165, 1.54) is 0 Å². The summed E-state index contributed by atoms with van der Waals surface area (Å²) in [6, 6.07) is 15.0. The van der Waals surface area contributed by atoms with E-state index in [4.69, 9.17) is 4.74 Å². The Balaban J connectivity index is 1.73. The van der Waals surface area contributed by atoms with Crippen LogP contribution < -0.4 is 10.1 Å². The van der Waals surface area contributed by atoms with Gasteiger partial charge in [0, 0.05) is 19.5 Å². The average Bonchev–Trinajstić information content (AvgIpc) is 2.67. The van der Waals surface area contributed by atoms with E-state index >= 15 is 0 Å². The van der Waals surface area contributed by atoms with Gasteiger partial charge in [-0.3, -0.25) is 9.59 Å². The molecule has 0 aromatic heterocycles. The highest BCUT2D eigenvalue weighted by Crippen LogP contribution is 2.25. The van der Waals surface area contributed by atoms with Crippen molar-refractivity contribution in [2.45, 2.75) is 25.8 Å². The minimum atomic E-state index is -0.554. The van der Waals surface area contributed by atoms with E-state index in [1.807, 2.05) is 55.5 Å². The topological polar surface area (TPSA) is 58.6 Å². The van der Waals surface area contributed by atoms with Crippen LogP contribution in [0.2, 0.25) is 0 Å². The molecule has 0 bridgehead atoms. The summed E-state index contributed by atoms with van der Waals surface area (Å²) in [6.07, 6.45) is 0.984. The van der Waals surface area contributed by atoms with E-state index in [-0.39, 0.29) is 11.8 Å². The minimum Gasteiger partial charge on any atom is -0.497 e. The van der Waals surface area contributed by atoms with Crippen LogP contribution in [-0.2, 0) is 16.0 Å². The molecule has 1 saturated heterocycles. The first kappa shape index (κ1) is 18.0. The van der Waals surface area contributed by atoms with Gasteiger partial charge in [-0.05, 0) is 36.6 Å². The molecule has 0 radical (unpaired) electrons. The van der Waals surface area contributed by atoms with Crippen molar-refractivity contribution in [1.29, 1.82) is 0 Å². The molecule has 2 aromatic carbocycles. The van der Waals surface area contributed by atoms with Crippen LogP contribution in [0, 0.1) is 6.92 Å². The number of aryl methyl sites for hydroxylation is 2. The Kier molecular flexibility index (Phi) is 5.56. The summed E-state index contributed by atoms with van der Waals surface area (Å²) in [7, 11) is 1.63. The van der Waals surface area contributed by atoms with Gasteiger partial charge in [-0.25, -0.2) is 0 Å². The molecule has 2 amide bonds. The number of carbonyl (C=O) groups is 2. The van der Waals surface area contributed by atoms with E-state index in [1.54, 1.807) is 12.0 Å². The fourth-order valence-corrected chi connectivity index (χ4v) is 3.24. The quantitative estimate of drug-likeness (QED) is 0.900. The third-order valence-corrected chi connectivity index (χ3v) is 4.69. The second-order valence-electron chi connectivity index (χ2n) is 6.54. The number of carbonyl (C=O) groups excluding carboxylic acids is 2. The fraction of sp³-hybridized carbons (Fsp3) is 0.333. The lowest BCUT2D eigenvalue weighted by Gasteiger charge is -2.35. The van der Waals surface area contributed by atoms with Crippen LogP contribution in [-0.4, -0.2) is 36.9 Å². The molecule has 2 aromatic rings. The number of hydrogen-bond donors (Lipinski definition) is 1. The molecule has 5 heteroatoms. The summed E-state index contributed by atoms with van der Waals surface area (Å²) in [4.78, 5) is 27.0. The minimum absolute atomic E-state index is 0.00625. The number of piperazine rings is 1. The van der Waals surface area contributed by atoms with Crippen LogP contribution in [0.4, 0.5) is 0 Å². The molecule has 1 aliphatic rings. The van der Waals surface area contributed by atoms with Crippen LogP contribution >= 0.6 is 0 Å². The van der Waals surface area contributed by atoms with Crippen LogP contribution in [0.3, 0.4) is 0 Å². The molecule has 1 fully saturated rings. The molecule has 26 heavy (non-hydrogen) atoms. The molecule has 5 nitrogen and oxygen atoms in total. The van der Waals surface area contributed by atoms with Gasteiger partial charge in [0.25, 0.3) is 0 Å². The Labute approximate surface area is 154 Å².